The largest absolute Gasteiger partial charge is 2.00 e. The number of rotatable bonds is 1. The fraction of sp³-hybridized carbons (Fsp3) is 0.100. The molecule has 0 aliphatic heterocycles. The third-order valence-electron chi connectivity index (χ3n) is 4.02. The predicted octanol–water partition coefficient (Wildman–Crippen LogP) is 3.79. The molecule has 0 atom stereocenters. The average molecular weight is 467 g/mol. The molecule has 0 spiro atoms. The van der Waals surface area contributed by atoms with Crippen LogP contribution in [0, 0.1) is 19.1 Å². The first-order chi connectivity index (χ1) is 10.7. The van der Waals surface area contributed by atoms with Gasteiger partial charge in [-0.05, 0) is 0 Å². The molecule has 0 radical (unpaired) electrons. The molecule has 0 fully saturated rings. The summed E-state index contributed by atoms with van der Waals surface area (Å²) in [5, 5.41) is 3.37. The van der Waals surface area contributed by atoms with Gasteiger partial charge in [0.05, 0.1) is 12.6 Å². The van der Waals surface area contributed by atoms with E-state index in [0.717, 1.165) is 27.5 Å². The van der Waals surface area contributed by atoms with E-state index in [9.17, 15) is 0 Å². The van der Waals surface area contributed by atoms with E-state index in [1.54, 1.807) is 0 Å². The Balaban J connectivity index is 0.00000156. The SMILES string of the molecule is Cc1cc2ccccc2[c-]c1-c1c2[c-]cccc2nc[n+]1C.[W+2]. The zero-order valence-electron chi connectivity index (χ0n) is 13.0. The van der Waals surface area contributed by atoms with E-state index < -0.39 is 0 Å². The molecule has 0 bridgehead atoms. The molecule has 1 aromatic heterocycles. The molecule has 0 saturated carbocycles. The minimum absolute atomic E-state index is 0. The van der Waals surface area contributed by atoms with Crippen molar-refractivity contribution in [3.05, 3.63) is 72.6 Å². The van der Waals surface area contributed by atoms with Crippen LogP contribution in [0.3, 0.4) is 0 Å². The Bertz CT molecular complexity index is 1010. The fourth-order valence-electron chi connectivity index (χ4n) is 2.93. The van der Waals surface area contributed by atoms with Gasteiger partial charge in [0.1, 0.15) is 0 Å². The first kappa shape index (κ1) is 15.8. The number of hydrogen-bond donors (Lipinski definition) is 0. The standard InChI is InChI=1S/C20H15N2.W/c1-14-11-15-7-3-4-8-16(15)12-18(14)20-17-9-5-6-10-19(17)21-13-22(20)2;/h3-8,10-11,13H,1-2H3;/q-1;+2. The van der Waals surface area contributed by atoms with Gasteiger partial charge in [-0.25, -0.2) is 0 Å². The van der Waals surface area contributed by atoms with Crippen molar-refractivity contribution in [1.29, 1.82) is 0 Å². The van der Waals surface area contributed by atoms with Crippen LogP contribution in [-0.4, -0.2) is 4.98 Å². The molecule has 0 N–H and O–H groups in total. The van der Waals surface area contributed by atoms with Crippen LogP contribution < -0.4 is 4.57 Å². The Morgan fingerprint density at radius 1 is 1.09 bits per heavy atom. The maximum atomic E-state index is 4.48. The van der Waals surface area contributed by atoms with E-state index in [0.29, 0.717) is 0 Å². The van der Waals surface area contributed by atoms with Gasteiger partial charge in [0.2, 0.25) is 0 Å². The van der Waals surface area contributed by atoms with Crippen LogP contribution in [-0.2, 0) is 28.1 Å². The summed E-state index contributed by atoms with van der Waals surface area (Å²) in [6, 6.07) is 23.4. The summed E-state index contributed by atoms with van der Waals surface area (Å²) < 4.78 is 2.05. The third-order valence-corrected chi connectivity index (χ3v) is 4.02. The second-order valence-corrected chi connectivity index (χ2v) is 5.55. The quantitative estimate of drug-likeness (QED) is 0.308. The summed E-state index contributed by atoms with van der Waals surface area (Å²) in [5.74, 6) is 0. The van der Waals surface area contributed by atoms with Crippen LogP contribution in [0.2, 0.25) is 0 Å². The van der Waals surface area contributed by atoms with E-state index in [1.165, 1.54) is 10.9 Å². The molecule has 110 valence electrons. The van der Waals surface area contributed by atoms with Gasteiger partial charge >= 0.3 is 21.1 Å². The summed E-state index contributed by atoms with van der Waals surface area (Å²) >= 11 is 0. The van der Waals surface area contributed by atoms with Crippen molar-refractivity contribution in [2.45, 2.75) is 6.92 Å². The maximum Gasteiger partial charge on any atom is 2.00 e. The number of benzene rings is 3. The Morgan fingerprint density at radius 2 is 1.91 bits per heavy atom. The van der Waals surface area contributed by atoms with Gasteiger partial charge in [-0.2, -0.15) is 0 Å². The van der Waals surface area contributed by atoms with Gasteiger partial charge < -0.3 is 0 Å². The number of aryl methyl sites for hydroxylation is 2. The molecular formula is C20H15N2W+. The summed E-state index contributed by atoms with van der Waals surface area (Å²) in [4.78, 5) is 4.48. The molecule has 4 aromatic rings. The Labute approximate surface area is 150 Å². The van der Waals surface area contributed by atoms with Crippen molar-refractivity contribution >= 4 is 21.7 Å². The van der Waals surface area contributed by atoms with Gasteiger partial charge in [-0.3, -0.25) is 4.57 Å². The van der Waals surface area contributed by atoms with E-state index in [1.807, 2.05) is 36.1 Å². The van der Waals surface area contributed by atoms with Crippen LogP contribution in [0.5, 0.6) is 0 Å². The zero-order chi connectivity index (χ0) is 15.1. The minimum atomic E-state index is 0. The normalized spacial score (nSPS) is 10.7. The van der Waals surface area contributed by atoms with E-state index in [-0.39, 0.29) is 21.1 Å². The average Bonchev–Trinajstić information content (AvgIpc) is 2.54. The van der Waals surface area contributed by atoms with Crippen LogP contribution in [0.15, 0.2) is 54.9 Å². The van der Waals surface area contributed by atoms with Crippen molar-refractivity contribution in [2.24, 2.45) is 7.05 Å². The van der Waals surface area contributed by atoms with Gasteiger partial charge in [0.15, 0.2) is 0 Å². The molecule has 0 amide bonds. The molecule has 2 nitrogen and oxygen atoms in total. The number of aromatic nitrogens is 2. The molecule has 3 heteroatoms. The second-order valence-electron chi connectivity index (χ2n) is 5.55. The van der Waals surface area contributed by atoms with Crippen LogP contribution in [0.4, 0.5) is 0 Å². The molecule has 23 heavy (non-hydrogen) atoms. The number of nitrogens with zero attached hydrogens (tertiary/aromatic N) is 2. The van der Waals surface area contributed by atoms with E-state index >= 15 is 0 Å². The van der Waals surface area contributed by atoms with Crippen molar-refractivity contribution in [2.75, 3.05) is 0 Å². The number of hydrogen-bond acceptors (Lipinski definition) is 1. The van der Waals surface area contributed by atoms with Crippen LogP contribution in [0.25, 0.3) is 32.9 Å². The van der Waals surface area contributed by atoms with E-state index in [4.69, 9.17) is 0 Å². The van der Waals surface area contributed by atoms with Crippen LogP contribution in [0.1, 0.15) is 5.56 Å². The predicted molar refractivity (Wildman–Crippen MR) is 88.3 cm³/mol. The Kier molecular flexibility index (Phi) is 4.28. The summed E-state index contributed by atoms with van der Waals surface area (Å²) in [7, 11) is 2.02. The third kappa shape index (κ3) is 2.68. The first-order valence-electron chi connectivity index (χ1n) is 7.31. The Morgan fingerprint density at radius 3 is 2.78 bits per heavy atom. The summed E-state index contributed by atoms with van der Waals surface area (Å²) in [6.07, 6.45) is 1.86. The second kappa shape index (κ2) is 6.21. The zero-order valence-corrected chi connectivity index (χ0v) is 15.9. The smallest absolute Gasteiger partial charge is 0.275 e. The molecule has 1 heterocycles. The van der Waals surface area contributed by atoms with Gasteiger partial charge in [0, 0.05) is 5.69 Å². The monoisotopic (exact) mass is 467 g/mol. The molecule has 3 aromatic carbocycles. The first-order valence-corrected chi connectivity index (χ1v) is 7.31. The summed E-state index contributed by atoms with van der Waals surface area (Å²) in [5.41, 5.74) is 4.38. The van der Waals surface area contributed by atoms with Gasteiger partial charge in [-0.15, -0.1) is 47.3 Å². The van der Waals surface area contributed by atoms with Crippen molar-refractivity contribution in [3.63, 3.8) is 0 Å². The van der Waals surface area contributed by atoms with Crippen molar-refractivity contribution in [1.82, 2.24) is 4.98 Å². The fourth-order valence-corrected chi connectivity index (χ4v) is 2.93. The minimum Gasteiger partial charge on any atom is -0.275 e. The Hall–Kier alpha value is -2.05. The molecule has 0 aliphatic carbocycles. The maximum absolute atomic E-state index is 4.48. The topological polar surface area (TPSA) is 16.8 Å². The van der Waals surface area contributed by atoms with Gasteiger partial charge in [0.25, 0.3) is 6.33 Å². The number of fused-ring (bicyclic) bond motifs is 2. The van der Waals surface area contributed by atoms with Gasteiger partial charge in [-0.1, -0.05) is 52.5 Å². The molecule has 0 aliphatic rings. The molecular weight excluding hydrogens is 452 g/mol. The van der Waals surface area contributed by atoms with E-state index in [2.05, 4.69) is 54.4 Å². The molecule has 0 saturated heterocycles. The van der Waals surface area contributed by atoms with Crippen molar-refractivity contribution < 1.29 is 25.6 Å². The molecule has 0 unspecified atom stereocenters. The van der Waals surface area contributed by atoms with Crippen molar-refractivity contribution in [3.8, 4) is 11.3 Å². The molecule has 4 rings (SSSR count). The van der Waals surface area contributed by atoms with Crippen LogP contribution >= 0.6 is 0 Å². The summed E-state index contributed by atoms with van der Waals surface area (Å²) in [6.45, 7) is 2.13.